The number of carbonyl (C=O) groups is 1. The predicted octanol–water partition coefficient (Wildman–Crippen LogP) is 1.34. The molecular weight excluding hydrogens is 346 g/mol. The molecule has 8 nitrogen and oxygen atoms in total. The molecule has 2 aliphatic heterocycles. The van der Waals surface area contributed by atoms with Gasteiger partial charge in [-0.2, -0.15) is 5.21 Å². The van der Waals surface area contributed by atoms with Crippen molar-refractivity contribution in [3.63, 3.8) is 0 Å². The van der Waals surface area contributed by atoms with Crippen LogP contribution in [-0.2, 0) is 16.0 Å². The molecule has 4 rings (SSSR count). The highest BCUT2D eigenvalue weighted by Crippen LogP contribution is 2.36. The van der Waals surface area contributed by atoms with Gasteiger partial charge in [-0.25, -0.2) is 0 Å². The molecule has 3 heterocycles. The molecule has 3 N–H and O–H groups in total. The summed E-state index contributed by atoms with van der Waals surface area (Å²) in [6.07, 6.45) is 2.47. The van der Waals surface area contributed by atoms with Crippen molar-refractivity contribution in [2.75, 3.05) is 26.3 Å². The lowest BCUT2D eigenvalue weighted by Crippen LogP contribution is -2.32. The van der Waals surface area contributed by atoms with Gasteiger partial charge in [0, 0.05) is 19.1 Å². The summed E-state index contributed by atoms with van der Waals surface area (Å²) >= 11 is 0. The SMILES string of the molecule is O=C(O)[C@@H](C1CCOC1)[C@H](Cc1ccc(C2CCNC2)cc1)c1nn[nH]n1. The van der Waals surface area contributed by atoms with Gasteiger partial charge in [-0.15, -0.1) is 10.2 Å². The predicted molar refractivity (Wildman–Crippen MR) is 97.3 cm³/mol. The van der Waals surface area contributed by atoms with E-state index >= 15 is 0 Å². The van der Waals surface area contributed by atoms with Gasteiger partial charge in [0.15, 0.2) is 5.82 Å². The average Bonchev–Trinajstić information content (AvgIpc) is 3.43. The summed E-state index contributed by atoms with van der Waals surface area (Å²) in [6, 6.07) is 8.53. The molecule has 8 heteroatoms. The lowest BCUT2D eigenvalue weighted by atomic mass is 9.77. The maximum absolute atomic E-state index is 12.1. The fourth-order valence-corrected chi connectivity index (χ4v) is 4.36. The van der Waals surface area contributed by atoms with E-state index in [9.17, 15) is 9.90 Å². The van der Waals surface area contributed by atoms with Gasteiger partial charge >= 0.3 is 5.97 Å². The highest BCUT2D eigenvalue weighted by Gasteiger charge is 2.40. The van der Waals surface area contributed by atoms with Crippen LogP contribution in [0.5, 0.6) is 0 Å². The van der Waals surface area contributed by atoms with Crippen LogP contribution in [0, 0.1) is 11.8 Å². The van der Waals surface area contributed by atoms with E-state index in [4.69, 9.17) is 4.74 Å². The van der Waals surface area contributed by atoms with Gasteiger partial charge in [0.1, 0.15) is 0 Å². The second kappa shape index (κ2) is 8.14. The Balaban J connectivity index is 1.56. The molecule has 2 aliphatic rings. The van der Waals surface area contributed by atoms with Crippen molar-refractivity contribution in [1.82, 2.24) is 25.9 Å². The number of carboxylic acids is 1. The minimum absolute atomic E-state index is 0.0326. The number of hydrogen-bond acceptors (Lipinski definition) is 6. The first-order valence-electron chi connectivity index (χ1n) is 9.56. The molecule has 0 radical (unpaired) electrons. The zero-order chi connectivity index (χ0) is 18.6. The van der Waals surface area contributed by atoms with Crippen molar-refractivity contribution in [2.24, 2.45) is 11.8 Å². The molecule has 0 bridgehead atoms. The summed E-state index contributed by atoms with van der Waals surface area (Å²) in [6.45, 7) is 3.17. The molecule has 1 aromatic heterocycles. The Morgan fingerprint density at radius 2 is 2.15 bits per heavy atom. The van der Waals surface area contributed by atoms with Crippen LogP contribution >= 0.6 is 0 Å². The van der Waals surface area contributed by atoms with Crippen LogP contribution in [0.3, 0.4) is 0 Å². The summed E-state index contributed by atoms with van der Waals surface area (Å²) in [5, 5.41) is 27.6. The molecule has 4 atom stereocenters. The Morgan fingerprint density at radius 3 is 2.74 bits per heavy atom. The lowest BCUT2D eigenvalue weighted by Gasteiger charge is -2.25. The van der Waals surface area contributed by atoms with E-state index in [0.717, 1.165) is 31.5 Å². The number of aromatic nitrogens is 4. The van der Waals surface area contributed by atoms with E-state index in [1.807, 2.05) is 0 Å². The smallest absolute Gasteiger partial charge is 0.307 e. The van der Waals surface area contributed by atoms with Crippen LogP contribution < -0.4 is 5.32 Å². The van der Waals surface area contributed by atoms with Gasteiger partial charge in [-0.1, -0.05) is 29.5 Å². The summed E-state index contributed by atoms with van der Waals surface area (Å²) in [5.74, 6) is -0.771. The molecule has 0 amide bonds. The van der Waals surface area contributed by atoms with Crippen LogP contribution in [-0.4, -0.2) is 58.0 Å². The van der Waals surface area contributed by atoms with Crippen LogP contribution in [0.1, 0.15) is 41.6 Å². The van der Waals surface area contributed by atoms with Crippen molar-refractivity contribution < 1.29 is 14.6 Å². The molecule has 27 heavy (non-hydrogen) atoms. The molecule has 0 aliphatic carbocycles. The van der Waals surface area contributed by atoms with E-state index in [-0.39, 0.29) is 11.8 Å². The van der Waals surface area contributed by atoms with Crippen LogP contribution in [0.2, 0.25) is 0 Å². The minimum Gasteiger partial charge on any atom is -0.481 e. The normalized spacial score (nSPS) is 24.7. The number of benzene rings is 1. The van der Waals surface area contributed by atoms with Crippen molar-refractivity contribution in [3.8, 4) is 0 Å². The van der Waals surface area contributed by atoms with Gasteiger partial charge < -0.3 is 15.2 Å². The second-order valence-electron chi connectivity index (χ2n) is 7.50. The van der Waals surface area contributed by atoms with Gasteiger partial charge in [0.2, 0.25) is 0 Å². The van der Waals surface area contributed by atoms with E-state index < -0.39 is 11.9 Å². The molecule has 2 fully saturated rings. The molecule has 0 saturated carbocycles. The Bertz CT molecular complexity index is 737. The largest absolute Gasteiger partial charge is 0.481 e. The number of hydrogen-bond donors (Lipinski definition) is 3. The fraction of sp³-hybridized carbons (Fsp3) is 0.579. The topological polar surface area (TPSA) is 113 Å². The van der Waals surface area contributed by atoms with Crippen molar-refractivity contribution in [1.29, 1.82) is 0 Å². The highest BCUT2D eigenvalue weighted by atomic mass is 16.5. The maximum atomic E-state index is 12.1. The number of carboxylic acid groups (broad SMARTS) is 1. The monoisotopic (exact) mass is 371 g/mol. The number of ether oxygens (including phenoxy) is 1. The standard InChI is InChI=1S/C19H25N5O3/c25-19(26)17(15-6-8-27-11-15)16(18-21-23-24-22-18)9-12-1-3-13(4-2-12)14-5-7-20-10-14/h1-4,14-17,20H,5-11H2,(H,25,26)(H,21,22,23,24)/t14?,15?,16-,17-/m0/s1. The third-order valence-electron chi connectivity index (χ3n) is 5.85. The van der Waals surface area contributed by atoms with Crippen LogP contribution in [0.15, 0.2) is 24.3 Å². The molecule has 2 unspecified atom stereocenters. The molecular formula is C19H25N5O3. The third kappa shape index (κ3) is 4.01. The van der Waals surface area contributed by atoms with Gasteiger partial charge in [-0.05, 0) is 48.8 Å². The Hall–Kier alpha value is -2.32. The van der Waals surface area contributed by atoms with Crippen molar-refractivity contribution >= 4 is 5.97 Å². The quantitative estimate of drug-likeness (QED) is 0.673. The first kappa shape index (κ1) is 18.1. The zero-order valence-electron chi connectivity index (χ0n) is 15.2. The Morgan fingerprint density at radius 1 is 1.30 bits per heavy atom. The molecule has 0 spiro atoms. The van der Waals surface area contributed by atoms with Crippen LogP contribution in [0.4, 0.5) is 0 Å². The molecule has 2 saturated heterocycles. The second-order valence-corrected chi connectivity index (χ2v) is 7.50. The first-order valence-corrected chi connectivity index (χ1v) is 9.56. The average molecular weight is 371 g/mol. The van der Waals surface area contributed by atoms with E-state index in [0.29, 0.717) is 31.4 Å². The molecule has 2 aromatic rings. The molecule has 1 aromatic carbocycles. The maximum Gasteiger partial charge on any atom is 0.307 e. The number of aliphatic carboxylic acids is 1. The summed E-state index contributed by atoms with van der Waals surface area (Å²) in [5.41, 5.74) is 2.42. The van der Waals surface area contributed by atoms with Gasteiger partial charge in [0.05, 0.1) is 12.5 Å². The van der Waals surface area contributed by atoms with Crippen LogP contribution in [0.25, 0.3) is 0 Å². The van der Waals surface area contributed by atoms with Crippen molar-refractivity contribution in [3.05, 3.63) is 41.2 Å². The van der Waals surface area contributed by atoms with E-state index in [1.54, 1.807) is 0 Å². The third-order valence-corrected chi connectivity index (χ3v) is 5.85. The number of nitrogens with one attached hydrogen (secondary N) is 2. The Kier molecular flexibility index (Phi) is 5.45. The number of H-pyrrole nitrogens is 1. The number of rotatable bonds is 7. The highest BCUT2D eigenvalue weighted by molar-refractivity contribution is 5.71. The lowest BCUT2D eigenvalue weighted by molar-refractivity contribution is -0.144. The van der Waals surface area contributed by atoms with E-state index in [2.05, 4.69) is 50.2 Å². The fourth-order valence-electron chi connectivity index (χ4n) is 4.36. The number of nitrogens with zero attached hydrogens (tertiary/aromatic N) is 3. The summed E-state index contributed by atoms with van der Waals surface area (Å²) in [7, 11) is 0. The van der Waals surface area contributed by atoms with Gasteiger partial charge in [-0.3, -0.25) is 4.79 Å². The summed E-state index contributed by atoms with van der Waals surface area (Å²) < 4.78 is 5.45. The van der Waals surface area contributed by atoms with Crippen molar-refractivity contribution in [2.45, 2.75) is 31.1 Å². The Labute approximate surface area is 157 Å². The molecule has 144 valence electrons. The zero-order valence-corrected chi connectivity index (χ0v) is 15.2. The van der Waals surface area contributed by atoms with Gasteiger partial charge in [0.25, 0.3) is 0 Å². The summed E-state index contributed by atoms with van der Waals surface area (Å²) in [4.78, 5) is 12.1. The number of tetrazole rings is 1. The minimum atomic E-state index is -0.825. The van der Waals surface area contributed by atoms with E-state index in [1.165, 1.54) is 5.56 Å². The first-order chi connectivity index (χ1) is 13.2. The number of aromatic amines is 1.